The summed E-state index contributed by atoms with van der Waals surface area (Å²) in [4.78, 5) is 0. The molecule has 0 fully saturated rings. The van der Waals surface area contributed by atoms with Crippen LogP contribution in [0, 0.1) is 6.92 Å². The maximum absolute atomic E-state index is 5.58. The fourth-order valence-electron chi connectivity index (χ4n) is 1.47. The van der Waals surface area contributed by atoms with Crippen molar-refractivity contribution in [2.24, 2.45) is 0 Å². The second-order valence-electron chi connectivity index (χ2n) is 3.73. The summed E-state index contributed by atoms with van der Waals surface area (Å²) in [5.41, 5.74) is 2.14. The summed E-state index contributed by atoms with van der Waals surface area (Å²) in [6.07, 6.45) is 1.84. The molecule has 1 heterocycles. The van der Waals surface area contributed by atoms with Crippen LogP contribution >= 0.6 is 15.9 Å². The number of aryl methyl sites for hydroxylation is 2. The average molecular weight is 281 g/mol. The summed E-state index contributed by atoms with van der Waals surface area (Å²) in [6, 6.07) is 6.06. The normalized spacial score (nSPS) is 10.7. The van der Waals surface area contributed by atoms with Gasteiger partial charge in [-0.3, -0.25) is 0 Å². The summed E-state index contributed by atoms with van der Waals surface area (Å²) >= 11 is 3.50. The van der Waals surface area contributed by atoms with Crippen LogP contribution in [0.4, 0.5) is 0 Å². The molecule has 0 N–H and O–H groups in total. The highest BCUT2D eigenvalue weighted by Crippen LogP contribution is 2.28. The first-order valence-corrected chi connectivity index (χ1v) is 6.09. The van der Waals surface area contributed by atoms with Crippen molar-refractivity contribution in [2.45, 2.75) is 26.7 Å². The van der Waals surface area contributed by atoms with Crippen molar-refractivity contribution in [3.05, 3.63) is 34.1 Å². The Hall–Kier alpha value is -1.16. The number of hydrogen-bond acceptors (Lipinski definition) is 3. The molecule has 0 atom stereocenters. The minimum absolute atomic E-state index is 0.579. The van der Waals surface area contributed by atoms with Crippen molar-refractivity contribution in [1.82, 2.24) is 10.2 Å². The smallest absolute Gasteiger partial charge is 0.248 e. The van der Waals surface area contributed by atoms with Crippen molar-refractivity contribution in [3.8, 4) is 11.5 Å². The molecule has 84 valence electrons. The zero-order chi connectivity index (χ0) is 11.5. The van der Waals surface area contributed by atoms with E-state index in [1.54, 1.807) is 0 Å². The second kappa shape index (κ2) is 4.78. The number of benzene rings is 1. The highest BCUT2D eigenvalue weighted by Gasteiger charge is 2.10. The second-order valence-corrected chi connectivity index (χ2v) is 4.59. The Labute approximate surface area is 103 Å². The van der Waals surface area contributed by atoms with Crippen LogP contribution in [0.15, 0.2) is 27.1 Å². The van der Waals surface area contributed by atoms with Gasteiger partial charge in [0.05, 0.1) is 5.56 Å². The summed E-state index contributed by atoms with van der Waals surface area (Å²) in [5.74, 6) is 1.28. The summed E-state index contributed by atoms with van der Waals surface area (Å²) in [6.45, 7) is 4.14. The third-order valence-electron chi connectivity index (χ3n) is 2.29. The zero-order valence-corrected chi connectivity index (χ0v) is 10.9. The van der Waals surface area contributed by atoms with E-state index in [9.17, 15) is 0 Å². The van der Waals surface area contributed by atoms with Gasteiger partial charge >= 0.3 is 0 Å². The zero-order valence-electron chi connectivity index (χ0n) is 9.33. The van der Waals surface area contributed by atoms with Gasteiger partial charge in [-0.15, -0.1) is 10.2 Å². The van der Waals surface area contributed by atoms with Gasteiger partial charge in [0, 0.05) is 10.9 Å². The highest BCUT2D eigenvalue weighted by atomic mass is 79.9. The van der Waals surface area contributed by atoms with E-state index in [4.69, 9.17) is 4.42 Å². The minimum Gasteiger partial charge on any atom is -0.421 e. The molecule has 4 heteroatoms. The maximum atomic E-state index is 5.58. The van der Waals surface area contributed by atoms with Gasteiger partial charge in [0.1, 0.15) is 0 Å². The molecule has 0 unspecified atom stereocenters. The van der Waals surface area contributed by atoms with Crippen molar-refractivity contribution in [3.63, 3.8) is 0 Å². The van der Waals surface area contributed by atoms with Crippen molar-refractivity contribution in [2.75, 3.05) is 0 Å². The number of hydrogen-bond donors (Lipinski definition) is 0. The monoisotopic (exact) mass is 280 g/mol. The summed E-state index contributed by atoms with van der Waals surface area (Å²) in [5, 5.41) is 8.06. The largest absolute Gasteiger partial charge is 0.421 e. The molecule has 0 aliphatic carbocycles. The van der Waals surface area contributed by atoms with Gasteiger partial charge in [0.2, 0.25) is 11.8 Å². The molecule has 1 aromatic carbocycles. The van der Waals surface area contributed by atoms with Gasteiger partial charge in [0.25, 0.3) is 0 Å². The Bertz CT molecular complexity index is 494. The van der Waals surface area contributed by atoms with Gasteiger partial charge in [-0.2, -0.15) is 0 Å². The fraction of sp³-hybridized carbons (Fsp3) is 0.333. The lowest BCUT2D eigenvalue weighted by Crippen LogP contribution is -1.81. The topological polar surface area (TPSA) is 38.9 Å². The predicted octanol–water partition coefficient (Wildman–Crippen LogP) is 3.76. The number of halogens is 1. The molecule has 0 radical (unpaired) electrons. The summed E-state index contributed by atoms with van der Waals surface area (Å²) in [7, 11) is 0. The van der Waals surface area contributed by atoms with Crippen molar-refractivity contribution in [1.29, 1.82) is 0 Å². The molecule has 0 saturated carbocycles. The Kier molecular flexibility index (Phi) is 3.39. The van der Waals surface area contributed by atoms with Crippen molar-refractivity contribution < 1.29 is 4.42 Å². The number of aromatic nitrogens is 2. The number of rotatable bonds is 3. The Morgan fingerprint density at radius 1 is 1.31 bits per heavy atom. The van der Waals surface area contributed by atoms with E-state index < -0.39 is 0 Å². The third kappa shape index (κ3) is 2.32. The fourth-order valence-corrected chi connectivity index (χ4v) is 2.13. The van der Waals surface area contributed by atoms with Crippen molar-refractivity contribution >= 4 is 15.9 Å². The minimum atomic E-state index is 0.579. The van der Waals surface area contributed by atoms with Crippen LogP contribution in [0.25, 0.3) is 11.5 Å². The third-order valence-corrected chi connectivity index (χ3v) is 2.94. The van der Waals surface area contributed by atoms with Gasteiger partial charge in [-0.25, -0.2) is 0 Å². The predicted molar refractivity (Wildman–Crippen MR) is 66.2 cm³/mol. The lowest BCUT2D eigenvalue weighted by atomic mass is 10.1. The van der Waals surface area contributed by atoms with Gasteiger partial charge in [0.15, 0.2) is 0 Å². The van der Waals surface area contributed by atoms with E-state index >= 15 is 0 Å². The quantitative estimate of drug-likeness (QED) is 0.859. The Morgan fingerprint density at radius 3 is 2.81 bits per heavy atom. The molecule has 0 aliphatic rings. The molecule has 2 aromatic rings. The van der Waals surface area contributed by atoms with E-state index in [1.165, 1.54) is 5.56 Å². The van der Waals surface area contributed by atoms with Crippen LogP contribution in [-0.2, 0) is 6.42 Å². The van der Waals surface area contributed by atoms with E-state index in [2.05, 4.69) is 33.1 Å². The molecule has 0 saturated heterocycles. The standard InChI is InChI=1S/C12H13BrN2O/c1-3-4-11-14-15-12(16-11)9-6-5-8(2)7-10(9)13/h5-7H,3-4H2,1-2H3. The van der Waals surface area contributed by atoms with Gasteiger partial charge in [-0.05, 0) is 47.0 Å². The van der Waals surface area contributed by atoms with Crippen LogP contribution in [0.1, 0.15) is 24.8 Å². The Morgan fingerprint density at radius 2 is 2.12 bits per heavy atom. The molecule has 0 aliphatic heterocycles. The lowest BCUT2D eigenvalue weighted by Gasteiger charge is -2.00. The SMILES string of the molecule is CCCc1nnc(-c2ccc(C)cc2Br)o1. The average Bonchev–Trinajstić information content (AvgIpc) is 2.67. The first kappa shape index (κ1) is 11.3. The lowest BCUT2D eigenvalue weighted by molar-refractivity contribution is 0.502. The van der Waals surface area contributed by atoms with Crippen LogP contribution in [0.5, 0.6) is 0 Å². The van der Waals surface area contributed by atoms with E-state index in [1.807, 2.05) is 25.1 Å². The molecule has 3 nitrogen and oxygen atoms in total. The van der Waals surface area contributed by atoms with E-state index in [-0.39, 0.29) is 0 Å². The van der Waals surface area contributed by atoms with Gasteiger partial charge in [-0.1, -0.05) is 13.0 Å². The van der Waals surface area contributed by atoms with Crippen LogP contribution in [0.2, 0.25) is 0 Å². The van der Waals surface area contributed by atoms with E-state index in [0.29, 0.717) is 11.8 Å². The molecule has 16 heavy (non-hydrogen) atoms. The molecule has 1 aromatic heterocycles. The van der Waals surface area contributed by atoms with Crippen LogP contribution in [0.3, 0.4) is 0 Å². The maximum Gasteiger partial charge on any atom is 0.248 e. The van der Waals surface area contributed by atoms with Crippen LogP contribution in [-0.4, -0.2) is 10.2 Å². The molecular weight excluding hydrogens is 268 g/mol. The highest BCUT2D eigenvalue weighted by molar-refractivity contribution is 9.10. The molecule has 0 bridgehead atoms. The first-order valence-electron chi connectivity index (χ1n) is 5.29. The number of nitrogens with zero attached hydrogens (tertiary/aromatic N) is 2. The first-order chi connectivity index (χ1) is 7.70. The molecule has 2 rings (SSSR count). The Balaban J connectivity index is 2.35. The molecule has 0 spiro atoms. The van der Waals surface area contributed by atoms with Crippen LogP contribution < -0.4 is 0 Å². The van der Waals surface area contributed by atoms with Gasteiger partial charge < -0.3 is 4.42 Å². The molecule has 0 amide bonds. The van der Waals surface area contributed by atoms with E-state index in [0.717, 1.165) is 22.9 Å². The molecular formula is C12H13BrN2O. The summed E-state index contributed by atoms with van der Waals surface area (Å²) < 4.78 is 6.56.